The second kappa shape index (κ2) is 15.7. The number of ether oxygens (including phenoxy) is 1. The summed E-state index contributed by atoms with van der Waals surface area (Å²) in [6.45, 7) is 5.68. The second-order valence-electron chi connectivity index (χ2n) is 12.9. The predicted molar refractivity (Wildman–Crippen MR) is 171 cm³/mol. The lowest BCUT2D eigenvalue weighted by Crippen LogP contribution is -2.58. The number of carbonyl (C=O) groups excluding carboxylic acids is 2. The van der Waals surface area contributed by atoms with Gasteiger partial charge in [-0.25, -0.2) is 18.7 Å². The van der Waals surface area contributed by atoms with Crippen LogP contribution < -0.4 is 11.2 Å². The first-order chi connectivity index (χ1) is 21.0. The largest absolute Gasteiger partial charge is 0.391 e. The molecular weight excluding hydrogens is 621 g/mol. The first-order valence-corrected chi connectivity index (χ1v) is 18.2. The Labute approximate surface area is 268 Å². The van der Waals surface area contributed by atoms with Gasteiger partial charge in [0.15, 0.2) is 15.1 Å². The molecule has 7 unspecified atom stereocenters. The Bertz CT molecular complexity index is 1420. The molecule has 0 heterocycles. The van der Waals surface area contributed by atoms with Crippen molar-refractivity contribution in [1.29, 1.82) is 0 Å². The molecule has 1 fully saturated rings. The van der Waals surface area contributed by atoms with Crippen molar-refractivity contribution in [2.45, 2.75) is 86.8 Å². The first kappa shape index (κ1) is 36.8. The molecule has 0 spiro atoms. The predicted octanol–water partition coefficient (Wildman–Crippen LogP) is 2.76. The van der Waals surface area contributed by atoms with E-state index in [1.54, 1.807) is 31.4 Å². The van der Waals surface area contributed by atoms with Crippen molar-refractivity contribution < 1.29 is 36.4 Å². The Morgan fingerprint density at radius 3 is 2.31 bits per heavy atom. The third kappa shape index (κ3) is 10.7. The maximum Gasteiger partial charge on any atom is 0.256 e. The standard InChI is InChI=1S/C32H46FN3O7S2/c1-32(2,3)35-30(38)26-16-13-24(43-4)18-22(26)19-28(37)27(17-21-9-7-6-8-10-21)36(34)31(39)29(45(5,41)42)20-44(40)25-14-11-23(33)12-15-25/h6-12,14-15,22,24,26-29,37H,13,16-20,34H2,1-5H3,(H,35,38). The quantitative estimate of drug-likeness (QED) is 0.167. The van der Waals surface area contributed by atoms with E-state index in [-0.39, 0.29) is 35.7 Å². The van der Waals surface area contributed by atoms with Crippen LogP contribution in [0, 0.1) is 17.7 Å². The molecule has 1 saturated carbocycles. The lowest BCUT2D eigenvalue weighted by molar-refractivity contribution is -0.138. The average molecular weight is 668 g/mol. The number of nitrogens with two attached hydrogens (primary N) is 1. The molecule has 0 aromatic heterocycles. The molecule has 3 rings (SSSR count). The SMILES string of the molecule is COC1CCC(C(=O)NC(C)(C)C)C(CC(O)C(Cc2ccccc2)N(N)C(=O)C(CS(=O)c2ccc(F)cc2)S(C)(=O)=O)C1. The smallest absolute Gasteiger partial charge is 0.256 e. The fraction of sp³-hybridized carbons (Fsp3) is 0.562. The number of rotatable bonds is 13. The fourth-order valence-electron chi connectivity index (χ4n) is 5.77. The van der Waals surface area contributed by atoms with Crippen molar-refractivity contribution in [3.63, 3.8) is 0 Å². The van der Waals surface area contributed by atoms with Crippen molar-refractivity contribution in [3.8, 4) is 0 Å². The van der Waals surface area contributed by atoms with Gasteiger partial charge in [-0.15, -0.1) is 0 Å². The zero-order chi connectivity index (χ0) is 33.5. The van der Waals surface area contributed by atoms with E-state index < -0.39 is 67.0 Å². The van der Waals surface area contributed by atoms with E-state index in [0.717, 1.165) is 29.0 Å². The molecule has 10 nitrogen and oxygen atoms in total. The van der Waals surface area contributed by atoms with Crippen molar-refractivity contribution in [2.75, 3.05) is 19.1 Å². The highest BCUT2D eigenvalue weighted by Crippen LogP contribution is 2.36. The minimum atomic E-state index is -4.12. The molecule has 0 aliphatic heterocycles. The lowest BCUT2D eigenvalue weighted by Gasteiger charge is -2.39. The highest BCUT2D eigenvalue weighted by Gasteiger charge is 2.42. The minimum Gasteiger partial charge on any atom is -0.391 e. The van der Waals surface area contributed by atoms with Crippen molar-refractivity contribution in [3.05, 3.63) is 66.0 Å². The van der Waals surface area contributed by atoms with Crippen LogP contribution in [-0.4, -0.2) is 82.7 Å². The molecule has 45 heavy (non-hydrogen) atoms. The molecule has 0 radical (unpaired) electrons. The molecule has 4 N–H and O–H groups in total. The average Bonchev–Trinajstić information content (AvgIpc) is 2.97. The van der Waals surface area contributed by atoms with E-state index in [1.165, 1.54) is 12.1 Å². The van der Waals surface area contributed by atoms with Gasteiger partial charge in [-0.3, -0.25) is 18.8 Å². The number of hydrazine groups is 1. The summed E-state index contributed by atoms with van der Waals surface area (Å²) in [5.74, 6) is 3.37. The van der Waals surface area contributed by atoms with Crippen LogP contribution in [0.1, 0.15) is 52.0 Å². The van der Waals surface area contributed by atoms with Gasteiger partial charge >= 0.3 is 0 Å². The van der Waals surface area contributed by atoms with E-state index in [1.807, 2.05) is 26.8 Å². The topological polar surface area (TPSA) is 156 Å². The third-order valence-corrected chi connectivity index (χ3v) is 11.2. The number of halogens is 1. The number of nitrogens with zero attached hydrogens (tertiary/aromatic N) is 1. The Morgan fingerprint density at radius 2 is 1.76 bits per heavy atom. The zero-order valence-electron chi connectivity index (χ0n) is 26.5. The molecule has 2 aromatic rings. The number of aliphatic hydroxyl groups excluding tert-OH is 1. The monoisotopic (exact) mass is 667 g/mol. The maximum absolute atomic E-state index is 13.8. The van der Waals surface area contributed by atoms with Crippen LogP contribution in [0.4, 0.5) is 4.39 Å². The van der Waals surface area contributed by atoms with Gasteiger partial charge < -0.3 is 15.2 Å². The van der Waals surface area contributed by atoms with Crippen LogP contribution in [0.3, 0.4) is 0 Å². The van der Waals surface area contributed by atoms with Gasteiger partial charge in [0.25, 0.3) is 5.91 Å². The molecule has 0 bridgehead atoms. The van der Waals surface area contributed by atoms with Gasteiger partial charge in [0, 0.05) is 29.7 Å². The lowest BCUT2D eigenvalue weighted by atomic mass is 9.73. The molecule has 1 aliphatic carbocycles. The Morgan fingerprint density at radius 1 is 1.13 bits per heavy atom. The van der Waals surface area contributed by atoms with Crippen molar-refractivity contribution >= 4 is 32.5 Å². The van der Waals surface area contributed by atoms with Gasteiger partial charge in [0.2, 0.25) is 5.91 Å². The summed E-state index contributed by atoms with van der Waals surface area (Å²) in [7, 11) is -4.48. The van der Waals surface area contributed by atoms with Gasteiger partial charge in [0.1, 0.15) is 5.82 Å². The number of amides is 2. The summed E-state index contributed by atoms with van der Waals surface area (Å²) in [4.78, 5) is 27.3. The van der Waals surface area contributed by atoms with Crippen LogP contribution in [0.5, 0.6) is 0 Å². The Hall–Kier alpha value is -2.71. The van der Waals surface area contributed by atoms with E-state index in [4.69, 9.17) is 10.6 Å². The summed E-state index contributed by atoms with van der Waals surface area (Å²) >= 11 is 0. The minimum absolute atomic E-state index is 0.0983. The molecule has 2 amide bonds. The van der Waals surface area contributed by atoms with Crippen LogP contribution in [-0.2, 0) is 41.4 Å². The zero-order valence-corrected chi connectivity index (χ0v) is 28.2. The summed E-state index contributed by atoms with van der Waals surface area (Å²) in [6.07, 6.45) is 1.45. The molecule has 13 heteroatoms. The second-order valence-corrected chi connectivity index (χ2v) is 16.6. The normalized spacial score (nSPS) is 21.7. The Balaban J connectivity index is 1.91. The highest BCUT2D eigenvalue weighted by molar-refractivity contribution is 7.93. The fourth-order valence-corrected chi connectivity index (χ4v) is 8.67. The van der Waals surface area contributed by atoms with E-state index in [9.17, 15) is 31.7 Å². The molecule has 1 aliphatic rings. The molecular formula is C32H46FN3O7S2. The van der Waals surface area contributed by atoms with Gasteiger partial charge in [-0.1, -0.05) is 30.3 Å². The number of aliphatic hydroxyl groups is 1. The first-order valence-electron chi connectivity index (χ1n) is 15.0. The molecule has 0 saturated heterocycles. The van der Waals surface area contributed by atoms with Crippen LogP contribution in [0.15, 0.2) is 59.5 Å². The number of benzene rings is 2. The summed E-state index contributed by atoms with van der Waals surface area (Å²) < 4.78 is 57.8. The number of carbonyl (C=O) groups is 2. The van der Waals surface area contributed by atoms with E-state index in [2.05, 4.69) is 5.32 Å². The number of hydrogen-bond donors (Lipinski definition) is 3. The number of nitrogens with one attached hydrogen (secondary N) is 1. The Kier molecular flexibility index (Phi) is 12.8. The van der Waals surface area contributed by atoms with E-state index >= 15 is 0 Å². The van der Waals surface area contributed by atoms with Gasteiger partial charge in [0.05, 0.1) is 34.8 Å². The van der Waals surface area contributed by atoms with Crippen molar-refractivity contribution in [2.24, 2.45) is 17.7 Å². The van der Waals surface area contributed by atoms with Crippen LogP contribution in [0.2, 0.25) is 0 Å². The number of methoxy groups -OCH3 is 1. The van der Waals surface area contributed by atoms with Crippen molar-refractivity contribution in [1.82, 2.24) is 10.3 Å². The highest BCUT2D eigenvalue weighted by atomic mass is 32.2. The van der Waals surface area contributed by atoms with Gasteiger partial charge in [-0.05, 0) is 88.6 Å². The summed E-state index contributed by atoms with van der Waals surface area (Å²) in [5, 5.41) is 13.7. The molecule has 250 valence electrons. The van der Waals surface area contributed by atoms with E-state index in [0.29, 0.717) is 19.3 Å². The summed E-state index contributed by atoms with van der Waals surface area (Å²) in [6, 6.07) is 12.7. The molecule has 2 aromatic carbocycles. The van der Waals surface area contributed by atoms with Crippen LogP contribution >= 0.6 is 0 Å². The number of sulfone groups is 1. The maximum atomic E-state index is 13.8. The van der Waals surface area contributed by atoms with Crippen LogP contribution in [0.25, 0.3) is 0 Å². The van der Waals surface area contributed by atoms with Gasteiger partial charge in [-0.2, -0.15) is 0 Å². The molecule has 7 atom stereocenters. The summed E-state index contributed by atoms with van der Waals surface area (Å²) in [5.41, 5.74) is 0.291. The number of hydrogen-bond acceptors (Lipinski definition) is 8. The third-order valence-electron chi connectivity index (χ3n) is 8.16.